The van der Waals surface area contributed by atoms with Crippen LogP contribution in [0.4, 0.5) is 4.39 Å². The number of ether oxygens (including phenoxy) is 1. The Hall–Kier alpha value is 0.506. The number of carboxylic acid groups (broad SMARTS) is 1. The van der Waals surface area contributed by atoms with Gasteiger partial charge >= 0.3 is 57.4 Å². The van der Waals surface area contributed by atoms with Crippen LogP contribution in [0, 0.1) is 0 Å². The summed E-state index contributed by atoms with van der Waals surface area (Å²) >= 11 is 0. The number of aliphatic carboxylic acids is 1. The molecule has 0 atom stereocenters. The van der Waals surface area contributed by atoms with Gasteiger partial charge in [-0.1, -0.05) is 0 Å². The Kier molecular flexibility index (Phi) is 11.0. The molecule has 4 nitrogen and oxygen atoms in total. The van der Waals surface area contributed by atoms with E-state index < -0.39 is 31.6 Å². The van der Waals surface area contributed by atoms with E-state index >= 15 is 0 Å². The first-order valence-electron chi connectivity index (χ1n) is 2.58. The molecular formula is C5H6FKO4. The van der Waals surface area contributed by atoms with Gasteiger partial charge in [0, 0.05) is 0 Å². The molecule has 0 saturated carbocycles. The van der Waals surface area contributed by atoms with E-state index in [1.54, 1.807) is 0 Å². The summed E-state index contributed by atoms with van der Waals surface area (Å²) in [6, 6.07) is 0. The third-order valence-corrected chi connectivity index (χ3v) is 0.629. The van der Waals surface area contributed by atoms with Gasteiger partial charge < -0.3 is 14.6 Å². The van der Waals surface area contributed by atoms with Crippen molar-refractivity contribution in [3.63, 3.8) is 0 Å². The molecular weight excluding hydrogens is 182 g/mol. The topological polar surface area (TPSA) is 66.4 Å². The fraction of sp³-hybridized carbons (Fsp3) is 0.600. The van der Waals surface area contributed by atoms with E-state index in [1.165, 1.54) is 0 Å². The Bertz CT molecular complexity index is 138. The summed E-state index contributed by atoms with van der Waals surface area (Å²) in [6.45, 7) is -1.20. The van der Waals surface area contributed by atoms with Crippen LogP contribution in [0.1, 0.15) is 6.42 Å². The first-order valence-corrected chi connectivity index (χ1v) is 2.58. The number of carbonyl (C=O) groups is 2. The fourth-order valence-corrected chi connectivity index (χ4v) is 0.321. The van der Waals surface area contributed by atoms with E-state index in [2.05, 4.69) is 4.74 Å². The normalized spacial score (nSPS) is 8.09. The number of carbonyl (C=O) groups excluding carboxylic acids is 2. The molecule has 0 aromatic heterocycles. The molecule has 0 unspecified atom stereocenters. The second-order valence-corrected chi connectivity index (χ2v) is 1.46. The maximum Gasteiger partial charge on any atom is 1.00 e. The number of alkyl halides is 1. The van der Waals surface area contributed by atoms with Gasteiger partial charge in [-0.25, -0.2) is 4.39 Å². The minimum absolute atomic E-state index is 0. The maximum atomic E-state index is 11.3. The standard InChI is InChI=1S/C5H7FO4.K/c6-1-2-10-5(9)3-4(7)8;/h1-3H2,(H,7,8);/q;+1/p-1. The molecule has 58 valence electrons. The molecule has 0 aliphatic carbocycles. The van der Waals surface area contributed by atoms with Crippen molar-refractivity contribution in [2.45, 2.75) is 6.42 Å². The van der Waals surface area contributed by atoms with Crippen molar-refractivity contribution in [1.29, 1.82) is 0 Å². The second-order valence-electron chi connectivity index (χ2n) is 1.46. The van der Waals surface area contributed by atoms with Gasteiger partial charge in [-0.3, -0.25) is 4.79 Å². The van der Waals surface area contributed by atoms with E-state index in [-0.39, 0.29) is 51.4 Å². The molecule has 0 radical (unpaired) electrons. The third kappa shape index (κ3) is 10.5. The summed E-state index contributed by atoms with van der Waals surface area (Å²) in [5.74, 6) is -2.50. The Morgan fingerprint density at radius 1 is 1.45 bits per heavy atom. The first kappa shape index (κ1) is 14.1. The largest absolute Gasteiger partial charge is 1.00 e. The molecule has 0 heterocycles. The number of halogens is 1. The minimum atomic E-state index is -1.52. The van der Waals surface area contributed by atoms with Gasteiger partial charge in [0.05, 0.1) is 12.4 Å². The van der Waals surface area contributed by atoms with Crippen LogP contribution < -0.4 is 56.5 Å². The summed E-state index contributed by atoms with van der Waals surface area (Å²) in [5, 5.41) is 9.67. The summed E-state index contributed by atoms with van der Waals surface area (Å²) in [5.41, 5.74) is 0. The van der Waals surface area contributed by atoms with Gasteiger partial charge in [0.15, 0.2) is 0 Å². The Labute approximate surface area is 106 Å². The number of rotatable bonds is 4. The summed E-state index contributed by atoms with van der Waals surface area (Å²) in [6.07, 6.45) is -0.819. The van der Waals surface area contributed by atoms with Gasteiger partial charge in [-0.05, 0) is 0 Å². The molecule has 0 aliphatic rings. The molecule has 0 aromatic carbocycles. The van der Waals surface area contributed by atoms with E-state index in [1.807, 2.05) is 0 Å². The monoisotopic (exact) mass is 188 g/mol. The van der Waals surface area contributed by atoms with Crippen molar-refractivity contribution in [1.82, 2.24) is 0 Å². The predicted octanol–water partition coefficient (Wildman–Crippen LogP) is -4.36. The van der Waals surface area contributed by atoms with Crippen molar-refractivity contribution in [2.75, 3.05) is 13.3 Å². The smallest absolute Gasteiger partial charge is 0.550 e. The zero-order chi connectivity index (χ0) is 7.98. The molecule has 0 amide bonds. The molecule has 0 aromatic rings. The van der Waals surface area contributed by atoms with E-state index in [9.17, 15) is 19.1 Å². The van der Waals surface area contributed by atoms with E-state index in [4.69, 9.17) is 0 Å². The van der Waals surface area contributed by atoms with Crippen molar-refractivity contribution in [2.24, 2.45) is 0 Å². The molecule has 0 fully saturated rings. The second kappa shape index (κ2) is 8.60. The van der Waals surface area contributed by atoms with Gasteiger partial charge in [-0.15, -0.1) is 0 Å². The van der Waals surface area contributed by atoms with Crippen LogP contribution in [0.2, 0.25) is 0 Å². The van der Waals surface area contributed by atoms with Crippen LogP contribution >= 0.6 is 0 Å². The molecule has 0 aliphatic heterocycles. The maximum absolute atomic E-state index is 11.3. The number of carboxylic acids is 1. The SMILES string of the molecule is O=C([O-])CC(=O)OCCF.[K+]. The van der Waals surface area contributed by atoms with Crippen molar-refractivity contribution in [3.8, 4) is 0 Å². The van der Waals surface area contributed by atoms with Crippen molar-refractivity contribution in [3.05, 3.63) is 0 Å². The van der Waals surface area contributed by atoms with Crippen LogP contribution in [0.25, 0.3) is 0 Å². The molecule has 6 heteroatoms. The van der Waals surface area contributed by atoms with Crippen molar-refractivity contribution < 1.29 is 75.2 Å². The summed E-state index contributed by atoms with van der Waals surface area (Å²) in [7, 11) is 0. The van der Waals surface area contributed by atoms with E-state index in [0.29, 0.717) is 0 Å². The van der Waals surface area contributed by atoms with Gasteiger partial charge in [0.2, 0.25) is 0 Å². The zero-order valence-electron chi connectivity index (χ0n) is 6.13. The Morgan fingerprint density at radius 2 is 2.00 bits per heavy atom. The molecule has 0 bridgehead atoms. The molecule has 0 saturated heterocycles. The molecule has 11 heavy (non-hydrogen) atoms. The van der Waals surface area contributed by atoms with Crippen LogP contribution in [-0.4, -0.2) is 25.2 Å². The van der Waals surface area contributed by atoms with Crippen LogP contribution in [0.15, 0.2) is 0 Å². The van der Waals surface area contributed by atoms with Crippen LogP contribution in [0.5, 0.6) is 0 Å². The fourth-order valence-electron chi connectivity index (χ4n) is 0.321. The Balaban J connectivity index is 0. The predicted molar refractivity (Wildman–Crippen MR) is 26.6 cm³/mol. The number of hydrogen-bond acceptors (Lipinski definition) is 4. The molecule has 0 N–H and O–H groups in total. The Morgan fingerprint density at radius 3 is 2.36 bits per heavy atom. The molecule has 0 spiro atoms. The summed E-state index contributed by atoms with van der Waals surface area (Å²) in [4.78, 5) is 19.9. The average Bonchev–Trinajstić information content (AvgIpc) is 1.82. The number of esters is 1. The minimum Gasteiger partial charge on any atom is -0.550 e. The number of hydrogen-bond donors (Lipinski definition) is 0. The van der Waals surface area contributed by atoms with Crippen LogP contribution in [-0.2, 0) is 14.3 Å². The van der Waals surface area contributed by atoms with E-state index in [0.717, 1.165) is 0 Å². The van der Waals surface area contributed by atoms with Gasteiger partial charge in [-0.2, -0.15) is 0 Å². The first-order chi connectivity index (χ1) is 4.66. The summed E-state index contributed by atoms with van der Waals surface area (Å²) < 4.78 is 15.3. The quantitative estimate of drug-likeness (QED) is 0.254. The van der Waals surface area contributed by atoms with Crippen LogP contribution in [0.3, 0.4) is 0 Å². The van der Waals surface area contributed by atoms with Gasteiger partial charge in [0.1, 0.15) is 13.3 Å². The zero-order valence-corrected chi connectivity index (χ0v) is 9.26. The third-order valence-electron chi connectivity index (χ3n) is 0.629. The molecule has 0 rings (SSSR count). The van der Waals surface area contributed by atoms with Gasteiger partial charge in [0.25, 0.3) is 0 Å². The van der Waals surface area contributed by atoms with Crippen molar-refractivity contribution >= 4 is 11.9 Å². The average molecular weight is 188 g/mol.